The highest BCUT2D eigenvalue weighted by Crippen LogP contribution is 2.30. The van der Waals surface area contributed by atoms with E-state index in [4.69, 9.17) is 5.21 Å². The van der Waals surface area contributed by atoms with Crippen molar-refractivity contribution in [1.29, 1.82) is 0 Å². The molecule has 1 atom stereocenters. The zero-order valence-electron chi connectivity index (χ0n) is 21.1. The Balaban J connectivity index is 1.45. The standard InChI is InChI=1S/C26H31FN4O5S/c1-26(24(32)28-34,37(3,35)36)10-13-30-17-21-15-20(16-31(21)25(30)33)22-7-6-19(14-23(22)27)5-4-18-8-11-29(2)12-9-18/h6-7,14-16,18,34H,8-13,17H2,1-3H3,(H,28,32)/t26-/m1/s1. The average molecular weight is 531 g/mol. The van der Waals surface area contributed by atoms with Crippen LogP contribution in [0.2, 0.25) is 0 Å². The molecule has 0 aliphatic carbocycles. The van der Waals surface area contributed by atoms with E-state index in [1.54, 1.807) is 24.4 Å². The molecule has 37 heavy (non-hydrogen) atoms. The molecule has 11 heteroatoms. The van der Waals surface area contributed by atoms with Crippen LogP contribution < -0.4 is 5.48 Å². The van der Waals surface area contributed by atoms with Gasteiger partial charge in [-0.3, -0.25) is 14.6 Å². The fourth-order valence-corrected chi connectivity index (χ4v) is 5.49. The quantitative estimate of drug-likeness (QED) is 0.337. The Bertz CT molecular complexity index is 1390. The van der Waals surface area contributed by atoms with Gasteiger partial charge in [-0.15, -0.1) is 0 Å². The summed E-state index contributed by atoms with van der Waals surface area (Å²) in [6.45, 7) is 3.39. The number of halogens is 1. The molecule has 2 N–H and O–H groups in total. The second-order valence-electron chi connectivity index (χ2n) is 10.0. The van der Waals surface area contributed by atoms with Crippen LogP contribution in [0.4, 0.5) is 9.18 Å². The molecule has 1 fully saturated rings. The summed E-state index contributed by atoms with van der Waals surface area (Å²) in [5.41, 5.74) is 3.54. The van der Waals surface area contributed by atoms with E-state index in [1.807, 2.05) is 0 Å². The summed E-state index contributed by atoms with van der Waals surface area (Å²) >= 11 is 0. The first-order chi connectivity index (χ1) is 17.4. The maximum absolute atomic E-state index is 15.0. The van der Waals surface area contributed by atoms with Gasteiger partial charge in [-0.05, 0) is 64.5 Å². The maximum Gasteiger partial charge on any atom is 0.328 e. The lowest BCUT2D eigenvalue weighted by molar-refractivity contribution is -0.131. The highest BCUT2D eigenvalue weighted by molar-refractivity contribution is 7.92. The molecule has 2 aromatic rings. The number of amides is 2. The number of likely N-dealkylation sites (tertiary alicyclic amines) is 1. The average Bonchev–Trinajstić information content (AvgIpc) is 3.39. The van der Waals surface area contributed by atoms with Gasteiger partial charge in [0, 0.05) is 47.3 Å². The summed E-state index contributed by atoms with van der Waals surface area (Å²) in [6, 6.07) is 6.16. The van der Waals surface area contributed by atoms with Gasteiger partial charge >= 0.3 is 6.03 Å². The minimum atomic E-state index is -3.87. The molecule has 1 saturated heterocycles. The number of hydrogen-bond acceptors (Lipinski definition) is 6. The number of piperidine rings is 1. The highest BCUT2D eigenvalue weighted by atomic mass is 32.2. The molecule has 0 saturated carbocycles. The molecule has 2 amide bonds. The number of sulfone groups is 1. The molecule has 1 aromatic heterocycles. The van der Waals surface area contributed by atoms with E-state index in [9.17, 15) is 22.4 Å². The van der Waals surface area contributed by atoms with Gasteiger partial charge in [0.05, 0.1) is 6.54 Å². The number of hydrogen-bond donors (Lipinski definition) is 2. The lowest BCUT2D eigenvalue weighted by atomic mass is 9.97. The van der Waals surface area contributed by atoms with Crippen molar-refractivity contribution in [2.24, 2.45) is 5.92 Å². The number of fused-ring (bicyclic) bond motifs is 1. The molecule has 3 heterocycles. The molecule has 4 rings (SSSR count). The number of carbonyl (C=O) groups excluding carboxylic acids is 2. The van der Waals surface area contributed by atoms with Crippen molar-refractivity contribution < 1.29 is 27.6 Å². The SMILES string of the molecule is CN1CCC(C#Cc2ccc(-c3cc4n(c3)C(=O)N(CC[C@](C)(C(=O)NO)S(C)(=O)=O)C4)c(F)c2)CC1. The number of benzene rings is 1. The Kier molecular flexibility index (Phi) is 7.46. The van der Waals surface area contributed by atoms with Gasteiger partial charge in [0.1, 0.15) is 5.82 Å². The zero-order valence-corrected chi connectivity index (χ0v) is 21.9. The first-order valence-corrected chi connectivity index (χ1v) is 14.0. The number of carbonyl (C=O) groups is 2. The second-order valence-corrected chi connectivity index (χ2v) is 12.5. The molecule has 9 nitrogen and oxygen atoms in total. The van der Waals surface area contributed by atoms with Gasteiger partial charge < -0.3 is 9.80 Å². The van der Waals surface area contributed by atoms with Gasteiger partial charge in [-0.25, -0.2) is 23.1 Å². The predicted octanol–water partition coefficient (Wildman–Crippen LogP) is 2.47. The van der Waals surface area contributed by atoms with Gasteiger partial charge in [-0.2, -0.15) is 0 Å². The summed E-state index contributed by atoms with van der Waals surface area (Å²) in [7, 11) is -1.78. The minimum Gasteiger partial charge on any atom is -0.318 e. The third kappa shape index (κ3) is 5.42. The Labute approximate surface area is 216 Å². The highest BCUT2D eigenvalue weighted by Gasteiger charge is 2.44. The van der Waals surface area contributed by atoms with Crippen molar-refractivity contribution in [2.75, 3.05) is 32.9 Å². The van der Waals surface area contributed by atoms with Crippen LogP contribution in [-0.2, 0) is 21.2 Å². The number of hydroxylamine groups is 1. The minimum absolute atomic E-state index is 0.0220. The first-order valence-electron chi connectivity index (χ1n) is 12.1. The summed E-state index contributed by atoms with van der Waals surface area (Å²) in [5, 5.41) is 8.97. The van der Waals surface area contributed by atoms with Crippen molar-refractivity contribution in [3.8, 4) is 23.0 Å². The van der Waals surface area contributed by atoms with Crippen molar-refractivity contribution in [1.82, 2.24) is 19.8 Å². The van der Waals surface area contributed by atoms with Crippen LogP contribution in [0.15, 0.2) is 30.5 Å². The molecule has 0 bridgehead atoms. The first kappa shape index (κ1) is 26.9. The largest absolute Gasteiger partial charge is 0.328 e. The third-order valence-electron chi connectivity index (χ3n) is 7.41. The van der Waals surface area contributed by atoms with E-state index in [1.165, 1.54) is 27.9 Å². The van der Waals surface area contributed by atoms with Crippen LogP contribution in [0.3, 0.4) is 0 Å². The van der Waals surface area contributed by atoms with Crippen molar-refractivity contribution in [3.05, 3.63) is 47.5 Å². The van der Waals surface area contributed by atoms with E-state index in [0.717, 1.165) is 32.2 Å². The second kappa shape index (κ2) is 10.3. The van der Waals surface area contributed by atoms with Crippen LogP contribution in [0.5, 0.6) is 0 Å². The Morgan fingerprint density at radius 3 is 2.57 bits per heavy atom. The molecule has 1 aromatic carbocycles. The topological polar surface area (TPSA) is 112 Å². The number of rotatable bonds is 6. The lowest BCUT2D eigenvalue weighted by Gasteiger charge is -2.27. The fraction of sp³-hybridized carbons (Fsp3) is 0.462. The molecule has 0 radical (unpaired) electrons. The molecule has 0 unspecified atom stereocenters. The fourth-order valence-electron chi connectivity index (χ4n) is 4.64. The monoisotopic (exact) mass is 530 g/mol. The van der Waals surface area contributed by atoms with Crippen molar-refractivity contribution in [2.45, 2.75) is 37.5 Å². The Morgan fingerprint density at radius 1 is 1.27 bits per heavy atom. The van der Waals surface area contributed by atoms with Crippen LogP contribution in [-0.4, -0.2) is 77.6 Å². The zero-order chi connectivity index (χ0) is 27.0. The van der Waals surface area contributed by atoms with Crippen molar-refractivity contribution >= 4 is 21.8 Å². The van der Waals surface area contributed by atoms with E-state index in [0.29, 0.717) is 28.3 Å². The molecular formula is C26H31FN4O5S. The lowest BCUT2D eigenvalue weighted by Crippen LogP contribution is -2.50. The van der Waals surface area contributed by atoms with E-state index >= 15 is 0 Å². The normalized spacial score (nSPS) is 18.2. The Hall–Kier alpha value is -3.20. The maximum atomic E-state index is 15.0. The van der Waals surface area contributed by atoms with Crippen LogP contribution in [0, 0.1) is 23.6 Å². The summed E-state index contributed by atoms with van der Waals surface area (Å²) in [4.78, 5) is 28.6. The molecule has 0 spiro atoms. The number of nitrogens with zero attached hydrogens (tertiary/aromatic N) is 3. The predicted molar refractivity (Wildman–Crippen MR) is 136 cm³/mol. The summed E-state index contributed by atoms with van der Waals surface area (Å²) in [5.74, 6) is 5.17. The van der Waals surface area contributed by atoms with Gasteiger partial charge in [0.25, 0.3) is 5.91 Å². The summed E-state index contributed by atoms with van der Waals surface area (Å²) < 4.78 is 38.8. The van der Waals surface area contributed by atoms with E-state index in [-0.39, 0.29) is 19.5 Å². The third-order valence-corrected chi connectivity index (χ3v) is 9.43. The molecule has 2 aliphatic heterocycles. The van der Waals surface area contributed by atoms with Gasteiger partial charge in [0.15, 0.2) is 14.6 Å². The van der Waals surface area contributed by atoms with Crippen molar-refractivity contribution in [3.63, 3.8) is 0 Å². The van der Waals surface area contributed by atoms with Crippen LogP contribution >= 0.6 is 0 Å². The molecule has 2 aliphatic rings. The van der Waals surface area contributed by atoms with E-state index < -0.39 is 32.3 Å². The summed E-state index contributed by atoms with van der Waals surface area (Å²) in [6.07, 6.45) is 4.28. The number of aromatic nitrogens is 1. The van der Waals surface area contributed by atoms with Crippen LogP contribution in [0.1, 0.15) is 37.4 Å². The van der Waals surface area contributed by atoms with Gasteiger partial charge in [0.2, 0.25) is 0 Å². The van der Waals surface area contributed by atoms with Gasteiger partial charge in [-0.1, -0.05) is 17.9 Å². The Morgan fingerprint density at radius 2 is 1.97 bits per heavy atom. The smallest absolute Gasteiger partial charge is 0.318 e. The molecular weight excluding hydrogens is 499 g/mol. The molecule has 198 valence electrons. The number of nitrogens with one attached hydrogen (secondary N) is 1. The van der Waals surface area contributed by atoms with Crippen LogP contribution in [0.25, 0.3) is 11.1 Å². The van der Waals surface area contributed by atoms with E-state index in [2.05, 4.69) is 23.8 Å².